The molecule has 0 aromatic rings. The fourth-order valence-corrected chi connectivity index (χ4v) is 2.36. The highest BCUT2D eigenvalue weighted by Crippen LogP contribution is 2.10. The molecule has 0 spiro atoms. The predicted octanol–water partition coefficient (Wildman–Crippen LogP) is 3.73. The zero-order valence-electron chi connectivity index (χ0n) is 15.0. The molecule has 2 N–H and O–H groups in total. The second-order valence-corrected chi connectivity index (χ2v) is 6.07. The second kappa shape index (κ2) is 15.8. The Morgan fingerprint density at radius 1 is 0.913 bits per heavy atom. The number of ether oxygens (including phenoxy) is 2. The van der Waals surface area contributed by atoms with Crippen molar-refractivity contribution in [2.45, 2.75) is 90.0 Å². The Labute approximate surface area is 141 Å². The number of hydrogen-bond donors (Lipinski definition) is 1. The molecule has 0 aliphatic heterocycles. The number of hydrogen-bond acceptors (Lipinski definition) is 5. The van der Waals surface area contributed by atoms with Gasteiger partial charge in [-0.2, -0.15) is 0 Å². The Bertz CT molecular complexity index is 307. The molecular weight excluding hydrogens is 294 g/mol. The van der Waals surface area contributed by atoms with E-state index in [9.17, 15) is 9.59 Å². The Morgan fingerprint density at radius 3 is 1.96 bits per heavy atom. The lowest BCUT2D eigenvalue weighted by Gasteiger charge is -2.10. The average Bonchev–Trinajstić information content (AvgIpc) is 2.56. The van der Waals surface area contributed by atoms with Gasteiger partial charge in [0.05, 0.1) is 13.7 Å². The first-order chi connectivity index (χ1) is 11.1. The quantitative estimate of drug-likeness (QED) is 0.366. The van der Waals surface area contributed by atoms with Crippen LogP contribution in [0.4, 0.5) is 0 Å². The summed E-state index contributed by atoms with van der Waals surface area (Å²) in [5, 5.41) is 0. The van der Waals surface area contributed by atoms with E-state index in [-0.39, 0.29) is 18.8 Å². The lowest BCUT2D eigenvalue weighted by Crippen LogP contribution is -2.33. The Morgan fingerprint density at radius 2 is 1.43 bits per heavy atom. The van der Waals surface area contributed by atoms with Crippen LogP contribution in [0.3, 0.4) is 0 Å². The van der Waals surface area contributed by atoms with Gasteiger partial charge in [0.2, 0.25) is 0 Å². The van der Waals surface area contributed by atoms with Crippen molar-refractivity contribution < 1.29 is 19.1 Å². The summed E-state index contributed by atoms with van der Waals surface area (Å²) in [7, 11) is 1.32. The Balaban J connectivity index is 3.36. The fourth-order valence-electron chi connectivity index (χ4n) is 2.36. The van der Waals surface area contributed by atoms with Crippen molar-refractivity contribution >= 4 is 11.9 Å². The van der Waals surface area contributed by atoms with Crippen LogP contribution in [0.25, 0.3) is 0 Å². The second-order valence-electron chi connectivity index (χ2n) is 6.07. The van der Waals surface area contributed by atoms with E-state index in [2.05, 4.69) is 11.7 Å². The molecule has 23 heavy (non-hydrogen) atoms. The van der Waals surface area contributed by atoms with Gasteiger partial charge in [-0.15, -0.1) is 0 Å². The molecule has 0 saturated carbocycles. The van der Waals surface area contributed by atoms with E-state index in [0.717, 1.165) is 12.8 Å². The van der Waals surface area contributed by atoms with Gasteiger partial charge in [-0.1, -0.05) is 64.7 Å². The molecule has 136 valence electrons. The molecule has 0 aliphatic rings. The van der Waals surface area contributed by atoms with Gasteiger partial charge < -0.3 is 15.2 Å². The summed E-state index contributed by atoms with van der Waals surface area (Å²) >= 11 is 0. The first-order valence-corrected chi connectivity index (χ1v) is 9.10. The normalized spacial score (nSPS) is 12.0. The molecule has 0 saturated heterocycles. The number of carbonyl (C=O) groups is 2. The molecule has 0 aromatic heterocycles. The summed E-state index contributed by atoms with van der Waals surface area (Å²) < 4.78 is 9.63. The van der Waals surface area contributed by atoms with Crippen LogP contribution in [0.15, 0.2) is 0 Å². The maximum absolute atomic E-state index is 11.6. The number of methoxy groups -OCH3 is 1. The summed E-state index contributed by atoms with van der Waals surface area (Å²) in [4.78, 5) is 22.6. The van der Waals surface area contributed by atoms with Crippen molar-refractivity contribution in [3.63, 3.8) is 0 Å². The van der Waals surface area contributed by atoms with Crippen LogP contribution >= 0.6 is 0 Å². The van der Waals surface area contributed by atoms with Gasteiger partial charge in [0.25, 0.3) is 0 Å². The SMILES string of the molecule is CCCCCCCCCCCCOC(=O)[C@@H](N)CCC(=O)OC. The minimum absolute atomic E-state index is 0.144. The minimum atomic E-state index is -0.739. The van der Waals surface area contributed by atoms with Crippen molar-refractivity contribution in [3.8, 4) is 0 Å². The first-order valence-electron chi connectivity index (χ1n) is 9.10. The number of esters is 2. The van der Waals surface area contributed by atoms with Crippen molar-refractivity contribution in [2.24, 2.45) is 5.73 Å². The summed E-state index contributed by atoms with van der Waals surface area (Å²) in [5.41, 5.74) is 5.67. The van der Waals surface area contributed by atoms with Gasteiger partial charge in [0.15, 0.2) is 0 Å². The average molecular weight is 329 g/mol. The minimum Gasteiger partial charge on any atom is -0.469 e. The molecule has 5 nitrogen and oxygen atoms in total. The molecule has 0 rings (SSSR count). The van der Waals surface area contributed by atoms with Gasteiger partial charge in [-0.05, 0) is 12.8 Å². The van der Waals surface area contributed by atoms with Gasteiger partial charge in [0.1, 0.15) is 6.04 Å². The van der Waals surface area contributed by atoms with E-state index in [1.165, 1.54) is 58.5 Å². The molecule has 0 unspecified atom stereocenters. The third-order valence-corrected chi connectivity index (χ3v) is 3.93. The standard InChI is InChI=1S/C18H35NO4/c1-3-4-5-6-7-8-9-10-11-12-15-23-18(21)16(19)13-14-17(20)22-2/h16H,3-15,19H2,1-2H3/t16-/m0/s1. The molecule has 0 radical (unpaired) electrons. The summed E-state index contributed by atoms with van der Waals surface area (Å²) in [5.74, 6) is -0.784. The first kappa shape index (κ1) is 21.9. The topological polar surface area (TPSA) is 78.6 Å². The Hall–Kier alpha value is -1.10. The zero-order valence-corrected chi connectivity index (χ0v) is 15.0. The maximum Gasteiger partial charge on any atom is 0.322 e. The van der Waals surface area contributed by atoms with Crippen LogP contribution in [0, 0.1) is 0 Å². The van der Waals surface area contributed by atoms with Gasteiger partial charge >= 0.3 is 11.9 Å². The van der Waals surface area contributed by atoms with Crippen LogP contribution in [0.5, 0.6) is 0 Å². The molecule has 0 bridgehead atoms. The number of carbonyl (C=O) groups excluding carboxylic acids is 2. The number of nitrogens with two attached hydrogens (primary N) is 1. The molecule has 0 heterocycles. The van der Waals surface area contributed by atoms with Crippen LogP contribution in [0.2, 0.25) is 0 Å². The maximum atomic E-state index is 11.6. The Kier molecular flexibility index (Phi) is 15.0. The van der Waals surface area contributed by atoms with E-state index in [4.69, 9.17) is 10.5 Å². The highest BCUT2D eigenvalue weighted by atomic mass is 16.5. The molecule has 0 aliphatic carbocycles. The zero-order chi connectivity index (χ0) is 17.3. The molecule has 0 amide bonds. The van der Waals surface area contributed by atoms with Gasteiger partial charge in [0, 0.05) is 6.42 Å². The van der Waals surface area contributed by atoms with E-state index < -0.39 is 12.0 Å². The molecule has 5 heteroatoms. The predicted molar refractivity (Wildman–Crippen MR) is 92.0 cm³/mol. The number of rotatable bonds is 15. The highest BCUT2D eigenvalue weighted by Gasteiger charge is 2.16. The molecule has 0 fully saturated rings. The van der Waals surface area contributed by atoms with Crippen molar-refractivity contribution in [1.29, 1.82) is 0 Å². The molecule has 1 atom stereocenters. The van der Waals surface area contributed by atoms with Crippen LogP contribution in [0.1, 0.15) is 84.0 Å². The molecular formula is C18H35NO4. The van der Waals surface area contributed by atoms with Gasteiger partial charge in [-0.25, -0.2) is 0 Å². The third-order valence-electron chi connectivity index (χ3n) is 3.93. The van der Waals surface area contributed by atoms with Crippen molar-refractivity contribution in [2.75, 3.05) is 13.7 Å². The van der Waals surface area contributed by atoms with E-state index >= 15 is 0 Å². The monoisotopic (exact) mass is 329 g/mol. The van der Waals surface area contributed by atoms with Crippen LogP contribution in [-0.4, -0.2) is 31.7 Å². The lowest BCUT2D eigenvalue weighted by atomic mass is 10.1. The van der Waals surface area contributed by atoms with E-state index in [0.29, 0.717) is 6.61 Å². The summed E-state index contributed by atoms with van der Waals surface area (Å²) in [6.45, 7) is 2.65. The van der Waals surface area contributed by atoms with E-state index in [1.807, 2.05) is 0 Å². The van der Waals surface area contributed by atoms with Crippen molar-refractivity contribution in [1.82, 2.24) is 0 Å². The van der Waals surface area contributed by atoms with Crippen molar-refractivity contribution in [3.05, 3.63) is 0 Å². The largest absolute Gasteiger partial charge is 0.469 e. The fraction of sp³-hybridized carbons (Fsp3) is 0.889. The highest BCUT2D eigenvalue weighted by molar-refractivity contribution is 5.77. The summed E-state index contributed by atoms with van der Waals surface area (Å²) in [6.07, 6.45) is 12.8. The third kappa shape index (κ3) is 14.2. The molecule has 0 aromatic carbocycles. The van der Waals surface area contributed by atoms with Gasteiger partial charge in [-0.3, -0.25) is 9.59 Å². The number of unbranched alkanes of at least 4 members (excludes halogenated alkanes) is 9. The van der Waals surface area contributed by atoms with Crippen LogP contribution in [-0.2, 0) is 19.1 Å². The smallest absolute Gasteiger partial charge is 0.322 e. The lowest BCUT2D eigenvalue weighted by molar-refractivity contribution is -0.146. The van der Waals surface area contributed by atoms with E-state index in [1.54, 1.807) is 0 Å². The summed E-state index contributed by atoms with van der Waals surface area (Å²) in [6, 6.07) is -0.739. The van der Waals surface area contributed by atoms with Crippen LogP contribution < -0.4 is 5.73 Å².